The fourth-order valence-corrected chi connectivity index (χ4v) is 2.33. The molecular weight excluding hydrogens is 316 g/mol. The highest BCUT2D eigenvalue weighted by Crippen LogP contribution is 2.34. The summed E-state index contributed by atoms with van der Waals surface area (Å²) in [5.41, 5.74) is 9.52. The molecule has 25 heavy (non-hydrogen) atoms. The van der Waals surface area contributed by atoms with Crippen LogP contribution < -0.4 is 20.5 Å². The van der Waals surface area contributed by atoms with Crippen molar-refractivity contribution in [2.75, 3.05) is 18.2 Å². The lowest BCUT2D eigenvalue weighted by molar-refractivity contribution is 0.416. The van der Waals surface area contributed by atoms with Gasteiger partial charge in [0.1, 0.15) is 23.5 Å². The molecule has 0 aliphatic rings. The average molecular weight is 336 g/mol. The third-order valence-corrected chi connectivity index (χ3v) is 3.69. The van der Waals surface area contributed by atoms with Gasteiger partial charge in [-0.2, -0.15) is 4.98 Å². The quantitative estimate of drug-likeness (QED) is 0.726. The first-order valence-corrected chi connectivity index (χ1v) is 7.83. The topological polar surface area (TPSA) is 82.3 Å². The van der Waals surface area contributed by atoms with E-state index in [0.29, 0.717) is 28.9 Å². The first-order chi connectivity index (χ1) is 12.1. The van der Waals surface area contributed by atoms with E-state index in [-0.39, 0.29) is 0 Å². The fourth-order valence-electron chi connectivity index (χ4n) is 2.33. The molecule has 1 aromatic heterocycles. The molecule has 0 amide bonds. The number of ether oxygens (including phenoxy) is 2. The van der Waals surface area contributed by atoms with Gasteiger partial charge in [0.05, 0.1) is 12.8 Å². The van der Waals surface area contributed by atoms with Crippen molar-refractivity contribution in [3.63, 3.8) is 0 Å². The van der Waals surface area contributed by atoms with E-state index in [9.17, 15) is 0 Å². The molecule has 0 saturated heterocycles. The van der Waals surface area contributed by atoms with Gasteiger partial charge in [-0.1, -0.05) is 23.8 Å². The van der Waals surface area contributed by atoms with E-state index in [0.717, 1.165) is 16.8 Å². The van der Waals surface area contributed by atoms with Crippen LogP contribution in [0.1, 0.15) is 11.1 Å². The zero-order valence-electron chi connectivity index (χ0n) is 14.4. The van der Waals surface area contributed by atoms with Gasteiger partial charge in [-0.15, -0.1) is 0 Å². The smallest absolute Gasteiger partial charge is 0.248 e. The van der Waals surface area contributed by atoms with Gasteiger partial charge in [0.15, 0.2) is 5.82 Å². The van der Waals surface area contributed by atoms with Crippen LogP contribution in [0.3, 0.4) is 0 Å². The Balaban J connectivity index is 1.88. The number of nitrogens with zero attached hydrogens (tertiary/aromatic N) is 2. The molecule has 6 heteroatoms. The molecule has 3 N–H and O–H groups in total. The molecule has 3 aromatic rings. The van der Waals surface area contributed by atoms with Crippen LogP contribution in [0, 0.1) is 13.8 Å². The minimum Gasteiger partial charge on any atom is -0.495 e. The highest BCUT2D eigenvalue weighted by molar-refractivity contribution is 5.75. The van der Waals surface area contributed by atoms with Crippen molar-refractivity contribution in [2.24, 2.45) is 0 Å². The van der Waals surface area contributed by atoms with Gasteiger partial charge in [-0.05, 0) is 43.7 Å². The number of aromatic nitrogens is 2. The Hall–Kier alpha value is -3.28. The lowest BCUT2D eigenvalue weighted by Crippen LogP contribution is -2.04. The van der Waals surface area contributed by atoms with Crippen molar-refractivity contribution in [2.45, 2.75) is 13.8 Å². The molecule has 0 aliphatic carbocycles. The molecule has 0 radical (unpaired) electrons. The van der Waals surface area contributed by atoms with Crippen LogP contribution in [0.4, 0.5) is 17.2 Å². The molecule has 0 unspecified atom stereocenters. The maximum Gasteiger partial charge on any atom is 0.248 e. The minimum atomic E-state index is 0.299. The predicted octanol–water partition coefficient (Wildman–Crippen LogP) is 4.22. The van der Waals surface area contributed by atoms with Crippen molar-refractivity contribution in [3.05, 3.63) is 59.9 Å². The lowest BCUT2D eigenvalue weighted by atomic mass is 10.2. The molecule has 0 saturated carbocycles. The highest BCUT2D eigenvalue weighted by atomic mass is 16.5. The largest absolute Gasteiger partial charge is 0.495 e. The summed E-state index contributed by atoms with van der Waals surface area (Å²) in [5, 5.41) is 3.19. The van der Waals surface area contributed by atoms with Gasteiger partial charge >= 0.3 is 0 Å². The summed E-state index contributed by atoms with van der Waals surface area (Å²) in [5.74, 6) is 2.12. The van der Waals surface area contributed by atoms with Gasteiger partial charge in [-0.3, -0.25) is 0 Å². The summed E-state index contributed by atoms with van der Waals surface area (Å²) >= 11 is 0. The summed E-state index contributed by atoms with van der Waals surface area (Å²) in [4.78, 5) is 8.34. The number of nitrogens with one attached hydrogen (secondary N) is 1. The Bertz CT molecular complexity index is 879. The zero-order valence-corrected chi connectivity index (χ0v) is 14.4. The Morgan fingerprint density at radius 2 is 1.68 bits per heavy atom. The molecule has 0 aliphatic heterocycles. The fraction of sp³-hybridized carbons (Fsp3) is 0.158. The molecule has 0 bridgehead atoms. The summed E-state index contributed by atoms with van der Waals surface area (Å²) in [7, 11) is 1.62. The zero-order chi connectivity index (χ0) is 17.8. The molecule has 0 spiro atoms. The van der Waals surface area contributed by atoms with Crippen LogP contribution in [0.2, 0.25) is 0 Å². The van der Waals surface area contributed by atoms with Crippen molar-refractivity contribution in [1.29, 1.82) is 0 Å². The number of nitrogens with two attached hydrogens (primary N) is 1. The summed E-state index contributed by atoms with van der Waals surface area (Å²) in [6, 6.07) is 13.5. The summed E-state index contributed by atoms with van der Waals surface area (Å²) < 4.78 is 11.1. The van der Waals surface area contributed by atoms with E-state index in [4.69, 9.17) is 15.2 Å². The molecular formula is C19H20N4O2. The van der Waals surface area contributed by atoms with E-state index in [2.05, 4.69) is 15.3 Å². The van der Waals surface area contributed by atoms with Crippen LogP contribution in [-0.2, 0) is 0 Å². The second kappa shape index (κ2) is 7.09. The van der Waals surface area contributed by atoms with E-state index in [1.807, 2.05) is 56.3 Å². The number of anilines is 3. The average Bonchev–Trinajstić information content (AvgIpc) is 2.60. The van der Waals surface area contributed by atoms with E-state index in [1.54, 1.807) is 7.11 Å². The third-order valence-electron chi connectivity index (χ3n) is 3.69. The Morgan fingerprint density at radius 3 is 2.40 bits per heavy atom. The van der Waals surface area contributed by atoms with Gasteiger partial charge in [-0.25, -0.2) is 4.98 Å². The van der Waals surface area contributed by atoms with Crippen LogP contribution in [-0.4, -0.2) is 17.1 Å². The number of aryl methyl sites for hydroxylation is 2. The first kappa shape index (κ1) is 16.6. The van der Waals surface area contributed by atoms with Gasteiger partial charge < -0.3 is 20.5 Å². The molecule has 2 aromatic carbocycles. The molecule has 0 atom stereocenters. The van der Waals surface area contributed by atoms with E-state index < -0.39 is 0 Å². The lowest BCUT2D eigenvalue weighted by Gasteiger charge is -2.14. The van der Waals surface area contributed by atoms with Crippen LogP contribution in [0.15, 0.2) is 48.8 Å². The van der Waals surface area contributed by atoms with E-state index >= 15 is 0 Å². The van der Waals surface area contributed by atoms with Crippen LogP contribution >= 0.6 is 0 Å². The molecule has 1 heterocycles. The SMILES string of the molecule is COc1ccc(C)cc1Nc1ncnc(Oc2ccc(C)cc2)c1N. The van der Waals surface area contributed by atoms with Crippen molar-refractivity contribution in [1.82, 2.24) is 9.97 Å². The second-order valence-corrected chi connectivity index (χ2v) is 5.68. The van der Waals surface area contributed by atoms with Gasteiger partial charge in [0, 0.05) is 0 Å². The maximum atomic E-state index is 6.19. The Morgan fingerprint density at radius 1 is 0.960 bits per heavy atom. The normalized spacial score (nSPS) is 10.4. The van der Waals surface area contributed by atoms with Crippen LogP contribution in [0.5, 0.6) is 17.4 Å². The number of rotatable bonds is 5. The minimum absolute atomic E-state index is 0.299. The number of hydrogen-bond donors (Lipinski definition) is 2. The molecule has 0 fully saturated rings. The molecule has 6 nitrogen and oxygen atoms in total. The Kier molecular flexibility index (Phi) is 4.70. The predicted molar refractivity (Wildman–Crippen MR) is 98.7 cm³/mol. The third kappa shape index (κ3) is 3.80. The molecule has 3 rings (SSSR count). The Labute approximate surface area is 146 Å². The van der Waals surface area contributed by atoms with Crippen molar-refractivity contribution in [3.8, 4) is 17.4 Å². The number of nitrogen functional groups attached to an aromatic ring is 1. The number of methoxy groups -OCH3 is 1. The monoisotopic (exact) mass is 336 g/mol. The first-order valence-electron chi connectivity index (χ1n) is 7.83. The number of hydrogen-bond acceptors (Lipinski definition) is 6. The van der Waals surface area contributed by atoms with Gasteiger partial charge in [0.25, 0.3) is 0 Å². The van der Waals surface area contributed by atoms with Crippen molar-refractivity contribution < 1.29 is 9.47 Å². The standard InChI is InChI=1S/C19H20N4O2/c1-12-4-7-14(8-5-12)25-19-17(20)18(21-11-22-19)23-15-10-13(2)6-9-16(15)24-3/h4-11H,20H2,1-3H3,(H,21,22,23). The number of benzene rings is 2. The van der Waals surface area contributed by atoms with Crippen molar-refractivity contribution >= 4 is 17.2 Å². The summed E-state index contributed by atoms with van der Waals surface area (Å²) in [6.07, 6.45) is 1.41. The summed E-state index contributed by atoms with van der Waals surface area (Å²) in [6.45, 7) is 4.01. The maximum absolute atomic E-state index is 6.19. The highest BCUT2D eigenvalue weighted by Gasteiger charge is 2.12. The van der Waals surface area contributed by atoms with Crippen LogP contribution in [0.25, 0.3) is 0 Å². The van der Waals surface area contributed by atoms with Gasteiger partial charge in [0.2, 0.25) is 5.88 Å². The molecule has 128 valence electrons. The van der Waals surface area contributed by atoms with E-state index in [1.165, 1.54) is 6.33 Å². The second-order valence-electron chi connectivity index (χ2n) is 5.68.